The Morgan fingerprint density at radius 2 is 2.16 bits per heavy atom. The summed E-state index contributed by atoms with van der Waals surface area (Å²) in [6, 6.07) is 7.48. The van der Waals surface area contributed by atoms with Gasteiger partial charge in [0, 0.05) is 19.0 Å². The maximum atomic E-state index is 12.4. The van der Waals surface area contributed by atoms with Crippen molar-refractivity contribution >= 4 is 17.8 Å². The predicted molar refractivity (Wildman–Crippen MR) is 92.0 cm³/mol. The Morgan fingerprint density at radius 1 is 1.40 bits per heavy atom. The van der Waals surface area contributed by atoms with Crippen LogP contribution in [-0.2, 0) is 9.59 Å². The van der Waals surface area contributed by atoms with Crippen molar-refractivity contribution in [3.05, 3.63) is 24.3 Å². The maximum absolute atomic E-state index is 12.4. The lowest BCUT2D eigenvalue weighted by atomic mass is 10.1. The van der Waals surface area contributed by atoms with Crippen molar-refractivity contribution in [1.82, 2.24) is 20.1 Å². The molecule has 1 atom stereocenters. The number of carbonyl (C=O) groups is 2. The fourth-order valence-electron chi connectivity index (χ4n) is 2.90. The minimum Gasteiger partial charge on any atom is -0.496 e. The molecule has 0 aliphatic carbocycles. The van der Waals surface area contributed by atoms with Crippen LogP contribution in [0.1, 0.15) is 20.3 Å². The fraction of sp³-hybridized carbons (Fsp3) is 0.412. The van der Waals surface area contributed by atoms with Gasteiger partial charge in [0.25, 0.3) is 0 Å². The molecule has 3 rings (SSSR count). The van der Waals surface area contributed by atoms with E-state index < -0.39 is 0 Å². The standard InChI is InChI=1S/C17H21N5O3/c1-10(2)22-9-11(8-14(22)23)16(24)19-17-18-15(20-21-17)12-6-4-5-7-13(12)25-3/h4-7,10-11H,8-9H2,1-3H3,(H2,18,19,20,21,24)/t11-/m1/s1. The molecule has 2 N–H and O–H groups in total. The van der Waals surface area contributed by atoms with Gasteiger partial charge in [-0.15, -0.1) is 5.10 Å². The van der Waals surface area contributed by atoms with Crippen molar-refractivity contribution in [2.75, 3.05) is 19.0 Å². The lowest BCUT2D eigenvalue weighted by Gasteiger charge is -2.20. The molecule has 0 bridgehead atoms. The van der Waals surface area contributed by atoms with Crippen LogP contribution in [0.4, 0.5) is 5.95 Å². The molecule has 2 heterocycles. The van der Waals surface area contributed by atoms with Gasteiger partial charge < -0.3 is 9.64 Å². The highest BCUT2D eigenvalue weighted by Crippen LogP contribution is 2.27. The molecule has 1 aromatic carbocycles. The van der Waals surface area contributed by atoms with Gasteiger partial charge in [0.05, 0.1) is 18.6 Å². The van der Waals surface area contributed by atoms with E-state index in [0.29, 0.717) is 18.1 Å². The van der Waals surface area contributed by atoms with Gasteiger partial charge in [-0.2, -0.15) is 4.98 Å². The van der Waals surface area contributed by atoms with Crippen LogP contribution in [0.2, 0.25) is 0 Å². The normalized spacial score (nSPS) is 17.2. The summed E-state index contributed by atoms with van der Waals surface area (Å²) >= 11 is 0. The number of amides is 2. The van der Waals surface area contributed by atoms with Crippen LogP contribution >= 0.6 is 0 Å². The molecule has 1 aromatic heterocycles. The van der Waals surface area contributed by atoms with E-state index in [0.717, 1.165) is 5.56 Å². The van der Waals surface area contributed by atoms with Crippen LogP contribution < -0.4 is 10.1 Å². The van der Waals surface area contributed by atoms with Gasteiger partial charge in [-0.3, -0.25) is 20.0 Å². The lowest BCUT2D eigenvalue weighted by molar-refractivity contribution is -0.129. The van der Waals surface area contributed by atoms with Crippen LogP contribution in [0.25, 0.3) is 11.4 Å². The number of ether oxygens (including phenoxy) is 1. The van der Waals surface area contributed by atoms with Crippen LogP contribution in [-0.4, -0.2) is 51.6 Å². The van der Waals surface area contributed by atoms with Crippen molar-refractivity contribution in [3.8, 4) is 17.1 Å². The second-order valence-electron chi connectivity index (χ2n) is 6.24. The molecule has 0 spiro atoms. The van der Waals surface area contributed by atoms with E-state index >= 15 is 0 Å². The van der Waals surface area contributed by atoms with Gasteiger partial charge in [0.15, 0.2) is 5.82 Å². The van der Waals surface area contributed by atoms with E-state index in [1.54, 1.807) is 12.0 Å². The Kier molecular flexibility index (Phi) is 4.69. The quantitative estimate of drug-likeness (QED) is 0.860. The molecule has 0 unspecified atom stereocenters. The number of rotatable bonds is 5. The number of H-pyrrole nitrogens is 1. The molecule has 132 valence electrons. The summed E-state index contributed by atoms with van der Waals surface area (Å²) in [5, 5.41) is 9.51. The number of para-hydroxylation sites is 1. The molecule has 1 aliphatic rings. The summed E-state index contributed by atoms with van der Waals surface area (Å²) in [7, 11) is 1.58. The number of hydrogen-bond donors (Lipinski definition) is 2. The monoisotopic (exact) mass is 343 g/mol. The first-order valence-electron chi connectivity index (χ1n) is 8.15. The molecular formula is C17H21N5O3. The Labute approximate surface area is 145 Å². The number of hydrogen-bond acceptors (Lipinski definition) is 5. The van der Waals surface area contributed by atoms with Crippen LogP contribution in [0, 0.1) is 5.92 Å². The average Bonchev–Trinajstić information content (AvgIpc) is 3.21. The molecular weight excluding hydrogens is 322 g/mol. The van der Waals surface area contributed by atoms with E-state index in [1.165, 1.54) is 0 Å². The highest BCUT2D eigenvalue weighted by atomic mass is 16.5. The first-order chi connectivity index (χ1) is 12.0. The first-order valence-corrected chi connectivity index (χ1v) is 8.15. The Hall–Kier alpha value is -2.90. The van der Waals surface area contributed by atoms with Gasteiger partial charge in [-0.1, -0.05) is 12.1 Å². The first kappa shape index (κ1) is 16.9. The van der Waals surface area contributed by atoms with E-state index in [9.17, 15) is 9.59 Å². The number of nitrogens with zero attached hydrogens (tertiary/aromatic N) is 3. The van der Waals surface area contributed by atoms with E-state index in [1.807, 2.05) is 38.1 Å². The summed E-state index contributed by atoms with van der Waals surface area (Å²) in [4.78, 5) is 30.3. The van der Waals surface area contributed by atoms with Gasteiger partial charge in [-0.05, 0) is 26.0 Å². The smallest absolute Gasteiger partial charge is 0.249 e. The van der Waals surface area contributed by atoms with E-state index in [2.05, 4.69) is 20.5 Å². The summed E-state index contributed by atoms with van der Waals surface area (Å²) < 4.78 is 5.30. The fourth-order valence-corrected chi connectivity index (χ4v) is 2.90. The molecule has 2 aromatic rings. The SMILES string of the molecule is COc1ccccc1-c1nc(NC(=O)[C@@H]2CC(=O)N(C(C)C)C2)n[nH]1. The van der Waals surface area contributed by atoms with Gasteiger partial charge in [0.1, 0.15) is 5.75 Å². The topological polar surface area (TPSA) is 100 Å². The number of aromatic nitrogens is 3. The van der Waals surface area contributed by atoms with Crippen molar-refractivity contribution < 1.29 is 14.3 Å². The number of anilines is 1. The van der Waals surface area contributed by atoms with Gasteiger partial charge in [0.2, 0.25) is 17.8 Å². The molecule has 1 saturated heterocycles. The molecule has 8 heteroatoms. The third-order valence-corrected chi connectivity index (χ3v) is 4.24. The molecule has 8 nitrogen and oxygen atoms in total. The molecule has 1 aliphatic heterocycles. The number of aromatic amines is 1. The molecule has 25 heavy (non-hydrogen) atoms. The minimum atomic E-state index is -0.386. The summed E-state index contributed by atoms with van der Waals surface area (Å²) in [5.74, 6) is 0.705. The minimum absolute atomic E-state index is 0.000141. The third-order valence-electron chi connectivity index (χ3n) is 4.24. The Bertz CT molecular complexity index is 786. The zero-order valence-corrected chi connectivity index (χ0v) is 14.4. The summed E-state index contributed by atoms with van der Waals surface area (Å²) in [6.45, 7) is 4.30. The van der Waals surface area contributed by atoms with Crippen molar-refractivity contribution in [2.24, 2.45) is 5.92 Å². The highest BCUT2D eigenvalue weighted by molar-refractivity contribution is 5.96. The van der Waals surface area contributed by atoms with Crippen LogP contribution in [0.5, 0.6) is 5.75 Å². The van der Waals surface area contributed by atoms with Gasteiger partial charge >= 0.3 is 0 Å². The van der Waals surface area contributed by atoms with Crippen molar-refractivity contribution in [1.29, 1.82) is 0 Å². The number of carbonyl (C=O) groups excluding carboxylic acids is 2. The average molecular weight is 343 g/mol. The van der Waals surface area contributed by atoms with E-state index in [4.69, 9.17) is 4.74 Å². The second-order valence-corrected chi connectivity index (χ2v) is 6.24. The zero-order chi connectivity index (χ0) is 18.0. The molecule has 0 saturated carbocycles. The Balaban J connectivity index is 1.70. The van der Waals surface area contributed by atoms with Crippen LogP contribution in [0.15, 0.2) is 24.3 Å². The number of nitrogens with one attached hydrogen (secondary N) is 2. The number of methoxy groups -OCH3 is 1. The third kappa shape index (κ3) is 3.47. The van der Waals surface area contributed by atoms with Crippen molar-refractivity contribution in [3.63, 3.8) is 0 Å². The number of likely N-dealkylation sites (tertiary alicyclic amines) is 1. The van der Waals surface area contributed by atoms with Gasteiger partial charge in [-0.25, -0.2) is 0 Å². The Morgan fingerprint density at radius 3 is 2.84 bits per heavy atom. The molecule has 2 amide bonds. The largest absolute Gasteiger partial charge is 0.496 e. The zero-order valence-electron chi connectivity index (χ0n) is 14.4. The lowest BCUT2D eigenvalue weighted by Crippen LogP contribution is -2.33. The van der Waals surface area contributed by atoms with E-state index in [-0.39, 0.29) is 36.1 Å². The van der Waals surface area contributed by atoms with Crippen LogP contribution in [0.3, 0.4) is 0 Å². The molecule has 1 fully saturated rings. The maximum Gasteiger partial charge on any atom is 0.249 e. The van der Waals surface area contributed by atoms with Crippen molar-refractivity contribution in [2.45, 2.75) is 26.3 Å². The predicted octanol–water partition coefficient (Wildman–Crippen LogP) is 1.68. The highest BCUT2D eigenvalue weighted by Gasteiger charge is 2.35. The second kappa shape index (κ2) is 6.92. The summed E-state index contributed by atoms with van der Waals surface area (Å²) in [5.41, 5.74) is 0.750. The number of benzene rings is 1. The molecule has 0 radical (unpaired) electrons. The summed E-state index contributed by atoms with van der Waals surface area (Å²) in [6.07, 6.45) is 0.216.